The Bertz CT molecular complexity index is 1080. The van der Waals surface area contributed by atoms with Crippen LogP contribution in [-0.2, 0) is 52.3 Å². The van der Waals surface area contributed by atoms with E-state index in [-0.39, 0.29) is 96.6 Å². The number of esters is 4. The summed E-state index contributed by atoms with van der Waals surface area (Å²) in [6.07, 6.45) is 8.14. The normalized spacial score (nSPS) is 25.2. The van der Waals surface area contributed by atoms with Crippen LogP contribution in [0.3, 0.4) is 0 Å². The predicted octanol–water partition coefficient (Wildman–Crippen LogP) is 9.51. The van der Waals surface area contributed by atoms with Gasteiger partial charge in [-0.25, -0.2) is 19.2 Å². The van der Waals surface area contributed by atoms with E-state index in [1.54, 1.807) is 13.8 Å². The highest BCUT2D eigenvalue weighted by molar-refractivity contribution is 5.88. The molecule has 0 N–H and O–H groups in total. The molecule has 5 rings (SSSR count). The molecule has 5 fully saturated rings. The molecule has 0 aromatic heterocycles. The summed E-state index contributed by atoms with van der Waals surface area (Å²) in [6, 6.07) is 0. The maximum absolute atomic E-state index is 11.3. The fourth-order valence-electron chi connectivity index (χ4n) is 4.64. The molecule has 52 heavy (non-hydrogen) atoms. The van der Waals surface area contributed by atoms with E-state index in [0.29, 0.717) is 73.8 Å². The Morgan fingerprint density at radius 2 is 0.942 bits per heavy atom. The molecular weight excluding hydrogens is 668 g/mol. The smallest absolute Gasteiger partial charge is 0.344 e. The molecule has 0 radical (unpaired) electrons. The van der Waals surface area contributed by atoms with Crippen LogP contribution in [-0.4, -0.2) is 86.9 Å². The third-order valence-electron chi connectivity index (χ3n) is 7.67. The van der Waals surface area contributed by atoms with Gasteiger partial charge in [0.05, 0.1) is 44.2 Å². The van der Waals surface area contributed by atoms with Gasteiger partial charge >= 0.3 is 23.9 Å². The van der Waals surface area contributed by atoms with E-state index >= 15 is 0 Å². The van der Waals surface area contributed by atoms with Crippen LogP contribution in [0.2, 0.25) is 0 Å². The fraction of sp³-hybridized carbons (Fsp3) is 0.756. The minimum atomic E-state index is -0.571. The molecule has 3 saturated heterocycles. The van der Waals surface area contributed by atoms with E-state index in [9.17, 15) is 19.2 Å². The highest BCUT2D eigenvalue weighted by Crippen LogP contribution is 2.40. The van der Waals surface area contributed by atoms with Gasteiger partial charge in [0.15, 0.2) is 6.61 Å². The van der Waals surface area contributed by atoms with Gasteiger partial charge in [0.2, 0.25) is 0 Å². The third-order valence-corrected chi connectivity index (χ3v) is 7.67. The Labute approximate surface area is 320 Å². The van der Waals surface area contributed by atoms with Crippen molar-refractivity contribution in [1.29, 1.82) is 0 Å². The first-order valence-electron chi connectivity index (χ1n) is 14.8. The van der Waals surface area contributed by atoms with Crippen LogP contribution in [0.5, 0.6) is 0 Å². The molecule has 0 aromatic carbocycles. The van der Waals surface area contributed by atoms with Crippen molar-refractivity contribution in [3.8, 4) is 0 Å². The Morgan fingerprint density at radius 3 is 1.31 bits per heavy atom. The topological polar surface area (TPSA) is 143 Å². The Morgan fingerprint density at radius 1 is 0.577 bits per heavy atom. The number of epoxide rings is 3. The molecule has 0 aromatic rings. The number of carbonyl (C=O) groups is 4. The van der Waals surface area contributed by atoms with Crippen LogP contribution in [0, 0.1) is 11.8 Å². The molecule has 0 spiro atoms. The molecule has 0 amide bonds. The van der Waals surface area contributed by atoms with E-state index in [1.807, 2.05) is 6.92 Å². The Hall–Kier alpha value is -3.02. The highest BCUT2D eigenvalue weighted by atomic mass is 16.6. The van der Waals surface area contributed by atoms with Gasteiger partial charge in [-0.05, 0) is 78.1 Å². The van der Waals surface area contributed by atoms with Gasteiger partial charge in [-0.1, -0.05) is 86.6 Å². The van der Waals surface area contributed by atoms with Crippen LogP contribution >= 0.6 is 0 Å². The molecule has 2 aliphatic carbocycles. The second-order valence-electron chi connectivity index (χ2n) is 12.3. The summed E-state index contributed by atoms with van der Waals surface area (Å²) in [4.78, 5) is 44.4. The third kappa shape index (κ3) is 23.5. The van der Waals surface area contributed by atoms with Crippen LogP contribution in [0.15, 0.2) is 36.5 Å². The largest absolute Gasteiger partial charge is 0.463 e. The van der Waals surface area contributed by atoms with Crippen LogP contribution in [0.25, 0.3) is 0 Å². The average Bonchev–Trinajstić information content (AvgIpc) is 3.87. The maximum Gasteiger partial charge on any atom is 0.344 e. The number of hydrogen-bond donors (Lipinski definition) is 0. The average molecular weight is 751 g/mol. The lowest BCUT2D eigenvalue weighted by Gasteiger charge is -2.18. The van der Waals surface area contributed by atoms with E-state index in [1.165, 1.54) is 6.92 Å². The number of ether oxygens (including phenoxy) is 7. The number of fused-ring (bicyclic) bond motifs is 2. The van der Waals surface area contributed by atoms with Gasteiger partial charge in [-0.15, -0.1) is 0 Å². The molecule has 5 aliphatic rings. The summed E-state index contributed by atoms with van der Waals surface area (Å²) >= 11 is 0. The van der Waals surface area contributed by atoms with Crippen LogP contribution < -0.4 is 0 Å². The minimum absolute atomic E-state index is 0. The maximum atomic E-state index is 11.3. The molecular formula is C41H82O11. The van der Waals surface area contributed by atoms with Gasteiger partial charge in [-0.2, -0.15) is 0 Å². The summed E-state index contributed by atoms with van der Waals surface area (Å²) in [5.41, 5.74) is 0.952. The monoisotopic (exact) mass is 751 g/mol. The standard InChI is InChI=1S/C13H18O5.C11H16O3.C8H12O3.9CH4/c1-8(2)13(15)17-7-12(14)16-6-9-3-4-10-11(5-9)18-10;1-7(2)11(12)13-6-8-3-4-9-10(5-8)14-9;1-6(2)7(9)10-4-8(3)5-11-8;;;;;;;;;/h9-11H,1,3-7H2,2H3;8-10H,1,3-6H2,2H3;1,4-5H2,2-3H3;9*1H4. The minimum Gasteiger partial charge on any atom is -0.463 e. The first-order valence-corrected chi connectivity index (χ1v) is 14.8. The van der Waals surface area contributed by atoms with Crippen molar-refractivity contribution < 1.29 is 52.3 Å². The first kappa shape index (κ1) is 64.0. The van der Waals surface area contributed by atoms with E-state index < -0.39 is 11.9 Å². The summed E-state index contributed by atoms with van der Waals surface area (Å²) in [5, 5.41) is 0. The second kappa shape index (κ2) is 29.4. The van der Waals surface area contributed by atoms with Gasteiger partial charge in [0.25, 0.3) is 0 Å². The van der Waals surface area contributed by atoms with Crippen LogP contribution in [0.4, 0.5) is 0 Å². The Balaban J connectivity index is -0.000000110. The molecule has 11 nitrogen and oxygen atoms in total. The van der Waals surface area contributed by atoms with Crippen LogP contribution in [0.1, 0.15) is 133 Å². The molecule has 312 valence electrons. The predicted molar refractivity (Wildman–Crippen MR) is 215 cm³/mol. The highest BCUT2D eigenvalue weighted by Gasteiger charge is 2.45. The lowest BCUT2D eigenvalue weighted by Crippen LogP contribution is -2.23. The fourth-order valence-corrected chi connectivity index (χ4v) is 4.64. The van der Waals surface area contributed by atoms with Crippen molar-refractivity contribution >= 4 is 23.9 Å². The zero-order valence-corrected chi connectivity index (χ0v) is 25.9. The molecule has 7 unspecified atom stereocenters. The lowest BCUT2D eigenvalue weighted by atomic mass is 9.90. The molecule has 3 aliphatic heterocycles. The molecule has 0 bridgehead atoms. The molecule has 3 heterocycles. The van der Waals surface area contributed by atoms with Crippen molar-refractivity contribution in [3.63, 3.8) is 0 Å². The molecule has 7 atom stereocenters. The van der Waals surface area contributed by atoms with Gasteiger partial charge in [0.1, 0.15) is 12.2 Å². The summed E-state index contributed by atoms with van der Waals surface area (Å²) < 4.78 is 35.6. The first-order chi connectivity index (χ1) is 20.3. The number of hydrogen-bond acceptors (Lipinski definition) is 11. The van der Waals surface area contributed by atoms with Crippen molar-refractivity contribution in [1.82, 2.24) is 0 Å². The van der Waals surface area contributed by atoms with E-state index in [4.69, 9.17) is 33.2 Å². The summed E-state index contributed by atoms with van der Waals surface area (Å²) in [5.74, 6) is -0.843. The van der Waals surface area contributed by atoms with E-state index in [2.05, 4.69) is 19.7 Å². The lowest BCUT2D eigenvalue weighted by molar-refractivity contribution is -0.157. The van der Waals surface area contributed by atoms with Crippen molar-refractivity contribution in [2.45, 2.75) is 163 Å². The van der Waals surface area contributed by atoms with Gasteiger partial charge in [-0.3, -0.25) is 0 Å². The van der Waals surface area contributed by atoms with Crippen molar-refractivity contribution in [3.05, 3.63) is 36.5 Å². The number of carbonyl (C=O) groups excluding carboxylic acids is 4. The molecule has 11 heteroatoms. The quantitative estimate of drug-likeness (QED) is 0.0862. The summed E-state index contributed by atoms with van der Waals surface area (Å²) in [6.45, 7) is 18.7. The SMILES string of the molecule is C.C.C.C.C.C.C.C.C.C=C(C)C(=O)OCC(=O)OCC1CCC2OC2C1.C=C(C)C(=O)OCC1(C)CO1.C=C(C)C(=O)OCC1CCC2OC2C1. The second-order valence-corrected chi connectivity index (χ2v) is 12.3. The van der Waals surface area contributed by atoms with Crippen molar-refractivity contribution in [2.24, 2.45) is 11.8 Å². The summed E-state index contributed by atoms with van der Waals surface area (Å²) in [7, 11) is 0. The van der Waals surface area contributed by atoms with E-state index in [0.717, 1.165) is 38.5 Å². The van der Waals surface area contributed by atoms with Crippen molar-refractivity contribution in [2.75, 3.05) is 33.0 Å². The Kier molecular flexibility index (Phi) is 36.2. The van der Waals surface area contributed by atoms with Gasteiger partial charge < -0.3 is 33.2 Å². The zero-order valence-electron chi connectivity index (χ0n) is 25.9. The molecule has 2 saturated carbocycles. The zero-order chi connectivity index (χ0) is 31.7. The number of rotatable bonds is 11. The van der Waals surface area contributed by atoms with Gasteiger partial charge in [0, 0.05) is 16.7 Å².